The zero-order valence-corrected chi connectivity index (χ0v) is 16.1. The lowest BCUT2D eigenvalue weighted by Gasteiger charge is -2.26. The first-order valence-electron chi connectivity index (χ1n) is 9.67. The minimum atomic E-state index is -0.948. The summed E-state index contributed by atoms with van der Waals surface area (Å²) in [6.07, 6.45) is 1.16. The van der Waals surface area contributed by atoms with Gasteiger partial charge < -0.3 is 20.1 Å². The smallest absolute Gasteiger partial charge is 0.240 e. The van der Waals surface area contributed by atoms with Crippen molar-refractivity contribution >= 4 is 17.5 Å². The summed E-state index contributed by atoms with van der Waals surface area (Å²) in [5, 5.41) is 5.82. The zero-order valence-electron chi connectivity index (χ0n) is 16.1. The van der Waals surface area contributed by atoms with Crippen molar-refractivity contribution in [3.8, 4) is 5.75 Å². The molecule has 1 aliphatic heterocycles. The first kappa shape index (κ1) is 19.6. The normalized spacial score (nSPS) is 18.8. The molecule has 1 saturated heterocycles. The number of benzene rings is 1. The van der Waals surface area contributed by atoms with E-state index in [1.54, 1.807) is 6.07 Å². The van der Waals surface area contributed by atoms with Gasteiger partial charge in [0.25, 0.3) is 0 Å². The van der Waals surface area contributed by atoms with Crippen molar-refractivity contribution in [3.05, 3.63) is 24.3 Å². The molecule has 148 valence electrons. The van der Waals surface area contributed by atoms with Gasteiger partial charge in [-0.25, -0.2) is 0 Å². The van der Waals surface area contributed by atoms with Crippen molar-refractivity contribution in [1.29, 1.82) is 0 Å². The third-order valence-electron chi connectivity index (χ3n) is 4.93. The van der Waals surface area contributed by atoms with Gasteiger partial charge in [-0.15, -0.1) is 0 Å². The molecule has 27 heavy (non-hydrogen) atoms. The number of carbonyl (C=O) groups is 2. The van der Waals surface area contributed by atoms with Crippen LogP contribution in [-0.2, 0) is 14.3 Å². The summed E-state index contributed by atoms with van der Waals surface area (Å²) < 4.78 is 11.1. The van der Waals surface area contributed by atoms with Crippen LogP contribution in [0.1, 0.15) is 26.7 Å². The third kappa shape index (κ3) is 4.99. The van der Waals surface area contributed by atoms with Crippen LogP contribution in [0, 0.1) is 5.41 Å². The monoisotopic (exact) mass is 375 g/mol. The Hall–Kier alpha value is -2.12. The van der Waals surface area contributed by atoms with Crippen molar-refractivity contribution in [3.63, 3.8) is 0 Å². The molecule has 2 fully saturated rings. The maximum atomic E-state index is 12.8. The Morgan fingerprint density at radius 3 is 2.56 bits per heavy atom. The molecule has 2 aliphatic rings. The average Bonchev–Trinajstić information content (AvgIpc) is 3.46. The molecular formula is C20H29N3O4. The molecule has 7 nitrogen and oxygen atoms in total. The van der Waals surface area contributed by atoms with Gasteiger partial charge in [0.05, 0.1) is 25.0 Å². The summed E-state index contributed by atoms with van der Waals surface area (Å²) >= 11 is 0. The van der Waals surface area contributed by atoms with Crippen LogP contribution in [0.25, 0.3) is 0 Å². The van der Waals surface area contributed by atoms with Crippen molar-refractivity contribution in [2.75, 3.05) is 44.7 Å². The molecule has 0 radical (unpaired) electrons. The van der Waals surface area contributed by atoms with E-state index in [0.29, 0.717) is 30.8 Å². The summed E-state index contributed by atoms with van der Waals surface area (Å²) in [5.41, 5.74) is -0.348. The summed E-state index contributed by atoms with van der Waals surface area (Å²) in [6.45, 7) is 8.42. The van der Waals surface area contributed by atoms with E-state index in [-0.39, 0.29) is 17.9 Å². The van der Waals surface area contributed by atoms with Crippen molar-refractivity contribution in [2.45, 2.75) is 32.8 Å². The molecule has 1 heterocycles. The molecule has 0 unspecified atom stereocenters. The number of carbonyl (C=O) groups excluding carboxylic acids is 2. The number of anilines is 1. The van der Waals surface area contributed by atoms with Gasteiger partial charge in [-0.1, -0.05) is 12.1 Å². The Labute approximate surface area is 160 Å². The van der Waals surface area contributed by atoms with Crippen LogP contribution in [0.2, 0.25) is 0 Å². The Balaban J connectivity index is 1.54. The van der Waals surface area contributed by atoms with Crippen LogP contribution >= 0.6 is 0 Å². The number of rotatable bonds is 8. The lowest BCUT2D eigenvalue weighted by molar-refractivity contribution is -0.134. The van der Waals surface area contributed by atoms with E-state index in [1.165, 1.54) is 0 Å². The maximum Gasteiger partial charge on any atom is 0.240 e. The topological polar surface area (TPSA) is 79.9 Å². The molecule has 1 aliphatic carbocycles. The SMILES string of the molecule is CC(C)Oc1ccccc1NC(=O)C1(C(=O)NCCN2CCOCC2)CC1. The molecule has 7 heteroatoms. The van der Waals surface area contributed by atoms with E-state index >= 15 is 0 Å². The van der Waals surface area contributed by atoms with Crippen LogP contribution in [0.4, 0.5) is 5.69 Å². The Bertz CT molecular complexity index is 667. The van der Waals surface area contributed by atoms with E-state index in [4.69, 9.17) is 9.47 Å². The second-order valence-corrected chi connectivity index (χ2v) is 7.41. The van der Waals surface area contributed by atoms with Crippen LogP contribution in [0.15, 0.2) is 24.3 Å². The number of ether oxygens (including phenoxy) is 2. The Morgan fingerprint density at radius 1 is 1.19 bits per heavy atom. The largest absolute Gasteiger partial charge is 0.489 e. The van der Waals surface area contributed by atoms with Crippen LogP contribution < -0.4 is 15.4 Å². The van der Waals surface area contributed by atoms with Gasteiger partial charge in [0.15, 0.2) is 0 Å². The fraction of sp³-hybridized carbons (Fsp3) is 0.600. The highest BCUT2D eigenvalue weighted by molar-refractivity contribution is 6.13. The molecule has 3 rings (SSSR count). The summed E-state index contributed by atoms with van der Waals surface area (Å²) in [6, 6.07) is 7.31. The van der Waals surface area contributed by atoms with E-state index in [0.717, 1.165) is 32.8 Å². The minimum Gasteiger partial charge on any atom is -0.489 e. The van der Waals surface area contributed by atoms with Gasteiger partial charge in [-0.3, -0.25) is 14.5 Å². The fourth-order valence-electron chi connectivity index (χ4n) is 3.17. The molecule has 0 aromatic heterocycles. The molecule has 1 aromatic rings. The summed E-state index contributed by atoms with van der Waals surface area (Å²) in [7, 11) is 0. The standard InChI is InChI=1S/C20H29N3O4/c1-15(2)27-17-6-4-3-5-16(17)22-19(25)20(7-8-20)18(24)21-9-10-23-11-13-26-14-12-23/h3-6,15H,7-14H2,1-2H3,(H,21,24)(H,22,25). The predicted molar refractivity (Wildman–Crippen MR) is 103 cm³/mol. The highest BCUT2D eigenvalue weighted by atomic mass is 16.5. The summed E-state index contributed by atoms with van der Waals surface area (Å²) in [5.74, 6) is 0.172. The zero-order chi connectivity index (χ0) is 19.3. The van der Waals surface area contributed by atoms with Gasteiger partial charge in [0, 0.05) is 26.2 Å². The van der Waals surface area contributed by atoms with Gasteiger partial charge in [-0.2, -0.15) is 0 Å². The van der Waals surface area contributed by atoms with Crippen molar-refractivity contribution < 1.29 is 19.1 Å². The number of hydrogen-bond donors (Lipinski definition) is 2. The minimum absolute atomic E-state index is 0.00132. The highest BCUT2D eigenvalue weighted by Crippen LogP contribution is 2.47. The Kier molecular flexibility index (Phi) is 6.34. The Morgan fingerprint density at radius 2 is 1.89 bits per heavy atom. The number of para-hydroxylation sites is 2. The number of morpholine rings is 1. The molecule has 1 saturated carbocycles. The summed E-state index contributed by atoms with van der Waals surface area (Å²) in [4.78, 5) is 27.7. The van der Waals surface area contributed by atoms with E-state index in [9.17, 15) is 9.59 Å². The van der Waals surface area contributed by atoms with Crippen LogP contribution in [0.5, 0.6) is 5.75 Å². The van der Waals surface area contributed by atoms with Gasteiger partial charge in [0.1, 0.15) is 11.2 Å². The van der Waals surface area contributed by atoms with E-state index in [1.807, 2.05) is 32.0 Å². The molecular weight excluding hydrogens is 346 g/mol. The molecule has 0 bridgehead atoms. The molecule has 0 atom stereocenters. The second-order valence-electron chi connectivity index (χ2n) is 7.41. The molecule has 1 aromatic carbocycles. The fourth-order valence-corrected chi connectivity index (χ4v) is 3.17. The predicted octanol–water partition coefficient (Wildman–Crippen LogP) is 1.64. The first-order valence-corrected chi connectivity index (χ1v) is 9.67. The molecule has 0 spiro atoms. The lowest BCUT2D eigenvalue weighted by atomic mass is 10.0. The van der Waals surface area contributed by atoms with E-state index < -0.39 is 5.41 Å². The number of hydrogen-bond acceptors (Lipinski definition) is 5. The number of nitrogens with one attached hydrogen (secondary N) is 2. The number of nitrogens with zero attached hydrogens (tertiary/aromatic N) is 1. The first-order chi connectivity index (χ1) is 13.0. The quantitative estimate of drug-likeness (QED) is 0.676. The van der Waals surface area contributed by atoms with Crippen LogP contribution in [-0.4, -0.2) is 62.2 Å². The third-order valence-corrected chi connectivity index (χ3v) is 4.93. The molecule has 2 amide bonds. The number of amides is 2. The van der Waals surface area contributed by atoms with Crippen molar-refractivity contribution in [1.82, 2.24) is 10.2 Å². The molecule has 2 N–H and O–H groups in total. The van der Waals surface area contributed by atoms with Gasteiger partial charge in [0.2, 0.25) is 11.8 Å². The lowest BCUT2D eigenvalue weighted by Crippen LogP contribution is -2.45. The average molecular weight is 375 g/mol. The highest BCUT2D eigenvalue weighted by Gasteiger charge is 2.56. The van der Waals surface area contributed by atoms with Crippen LogP contribution in [0.3, 0.4) is 0 Å². The maximum absolute atomic E-state index is 12.8. The second kappa shape index (κ2) is 8.71. The van der Waals surface area contributed by atoms with E-state index in [2.05, 4.69) is 15.5 Å². The van der Waals surface area contributed by atoms with Gasteiger partial charge >= 0.3 is 0 Å². The van der Waals surface area contributed by atoms with Gasteiger partial charge in [-0.05, 0) is 38.8 Å². The van der Waals surface area contributed by atoms with Crippen molar-refractivity contribution in [2.24, 2.45) is 5.41 Å².